The molecule has 104 valence electrons. The number of carbonyl (C=O) groups excluding carboxylic acids is 1. The Morgan fingerprint density at radius 3 is 2.63 bits per heavy atom. The van der Waals surface area contributed by atoms with Gasteiger partial charge in [0.25, 0.3) is 0 Å². The highest BCUT2D eigenvalue weighted by atomic mass is 16.1. The number of hydrogen-bond donors (Lipinski definition) is 2. The minimum absolute atomic E-state index is 0.00653. The molecule has 1 saturated carbocycles. The molecule has 0 heterocycles. The van der Waals surface area contributed by atoms with Crippen LogP contribution in [-0.2, 0) is 11.3 Å². The van der Waals surface area contributed by atoms with Gasteiger partial charge in [0.1, 0.15) is 0 Å². The molecule has 1 amide bonds. The Bertz CT molecular complexity index is 413. The van der Waals surface area contributed by atoms with E-state index < -0.39 is 0 Å². The van der Waals surface area contributed by atoms with Gasteiger partial charge in [-0.1, -0.05) is 49.1 Å². The molecular weight excluding hydrogens is 236 g/mol. The predicted molar refractivity (Wildman–Crippen MR) is 77.6 cm³/mol. The van der Waals surface area contributed by atoms with Crippen molar-refractivity contribution in [3.63, 3.8) is 0 Å². The fraction of sp³-hybridized carbons (Fsp3) is 0.562. The molecule has 0 spiro atoms. The number of hydrogen-bond acceptors (Lipinski definition) is 2. The number of benzene rings is 1. The molecule has 0 aromatic heterocycles. The lowest BCUT2D eigenvalue weighted by molar-refractivity contribution is -0.126. The largest absolute Gasteiger partial charge is 0.352 e. The summed E-state index contributed by atoms with van der Waals surface area (Å²) in [4.78, 5) is 12.2. The lowest BCUT2D eigenvalue weighted by Crippen LogP contribution is -2.41. The van der Waals surface area contributed by atoms with Gasteiger partial charge in [0, 0.05) is 12.6 Å². The van der Waals surface area contributed by atoms with Crippen LogP contribution in [0.25, 0.3) is 0 Å². The SMILES string of the molecule is Cc1ccc(CNC(=O)C2CCCCCC2N)cc1. The minimum atomic E-state index is -0.00653. The second-order valence-electron chi connectivity index (χ2n) is 5.61. The van der Waals surface area contributed by atoms with Crippen LogP contribution in [0.1, 0.15) is 43.2 Å². The molecule has 0 aliphatic heterocycles. The maximum atomic E-state index is 12.2. The number of rotatable bonds is 3. The van der Waals surface area contributed by atoms with E-state index in [4.69, 9.17) is 5.73 Å². The van der Waals surface area contributed by atoms with Gasteiger partial charge in [0.2, 0.25) is 5.91 Å². The Balaban J connectivity index is 1.87. The smallest absolute Gasteiger partial charge is 0.224 e. The average molecular weight is 260 g/mol. The van der Waals surface area contributed by atoms with Crippen LogP contribution in [0.3, 0.4) is 0 Å². The second kappa shape index (κ2) is 6.71. The summed E-state index contributed by atoms with van der Waals surface area (Å²) < 4.78 is 0. The first-order valence-corrected chi connectivity index (χ1v) is 7.25. The Labute approximate surface area is 115 Å². The average Bonchev–Trinajstić information content (AvgIpc) is 2.62. The standard InChI is InChI=1S/C16H24N2O/c1-12-7-9-13(10-8-12)11-18-16(19)14-5-3-2-4-6-15(14)17/h7-10,14-15H,2-6,11,17H2,1H3,(H,18,19). The number of nitrogens with one attached hydrogen (secondary N) is 1. The van der Waals surface area contributed by atoms with Crippen LogP contribution >= 0.6 is 0 Å². The first-order chi connectivity index (χ1) is 9.16. The molecule has 2 unspecified atom stereocenters. The summed E-state index contributed by atoms with van der Waals surface area (Å²) in [6.07, 6.45) is 5.39. The third-order valence-electron chi connectivity index (χ3n) is 3.99. The Morgan fingerprint density at radius 2 is 1.89 bits per heavy atom. The number of carbonyl (C=O) groups is 1. The van der Waals surface area contributed by atoms with Gasteiger partial charge in [-0.05, 0) is 25.3 Å². The quantitative estimate of drug-likeness (QED) is 0.820. The van der Waals surface area contributed by atoms with E-state index in [0.717, 1.165) is 31.2 Å². The third-order valence-corrected chi connectivity index (χ3v) is 3.99. The molecule has 1 aliphatic rings. The zero-order valence-electron chi connectivity index (χ0n) is 11.7. The van der Waals surface area contributed by atoms with E-state index in [0.29, 0.717) is 6.54 Å². The van der Waals surface area contributed by atoms with Crippen LogP contribution in [0.15, 0.2) is 24.3 Å². The minimum Gasteiger partial charge on any atom is -0.352 e. The van der Waals surface area contributed by atoms with Gasteiger partial charge in [-0.3, -0.25) is 4.79 Å². The van der Waals surface area contributed by atoms with Gasteiger partial charge < -0.3 is 11.1 Å². The molecule has 0 bridgehead atoms. The zero-order chi connectivity index (χ0) is 13.7. The van der Waals surface area contributed by atoms with Crippen LogP contribution < -0.4 is 11.1 Å². The summed E-state index contributed by atoms with van der Waals surface area (Å²) in [5, 5.41) is 3.03. The highest BCUT2D eigenvalue weighted by molar-refractivity contribution is 5.79. The van der Waals surface area contributed by atoms with Crippen molar-refractivity contribution in [1.29, 1.82) is 0 Å². The second-order valence-corrected chi connectivity index (χ2v) is 5.61. The van der Waals surface area contributed by atoms with Crippen molar-refractivity contribution in [2.75, 3.05) is 0 Å². The first kappa shape index (κ1) is 14.1. The Hall–Kier alpha value is -1.35. The monoisotopic (exact) mass is 260 g/mol. The van der Waals surface area contributed by atoms with Crippen LogP contribution in [0.2, 0.25) is 0 Å². The molecule has 1 aromatic carbocycles. The summed E-state index contributed by atoms with van der Waals surface area (Å²) in [5.41, 5.74) is 8.48. The molecule has 1 aliphatic carbocycles. The number of amides is 1. The molecule has 3 nitrogen and oxygen atoms in total. The van der Waals surface area contributed by atoms with Crippen LogP contribution in [-0.4, -0.2) is 11.9 Å². The van der Waals surface area contributed by atoms with Crippen molar-refractivity contribution in [3.05, 3.63) is 35.4 Å². The van der Waals surface area contributed by atoms with Crippen LogP contribution in [0.4, 0.5) is 0 Å². The van der Waals surface area contributed by atoms with Crippen molar-refractivity contribution in [2.45, 2.75) is 51.6 Å². The van der Waals surface area contributed by atoms with E-state index in [1.54, 1.807) is 0 Å². The predicted octanol–water partition coefficient (Wildman–Crippen LogP) is 2.52. The highest BCUT2D eigenvalue weighted by Crippen LogP contribution is 2.22. The lowest BCUT2D eigenvalue weighted by atomic mass is 9.94. The van der Waals surface area contributed by atoms with Crippen molar-refractivity contribution in [2.24, 2.45) is 11.7 Å². The number of nitrogens with two attached hydrogens (primary N) is 1. The van der Waals surface area contributed by atoms with E-state index in [1.807, 2.05) is 0 Å². The molecule has 3 N–H and O–H groups in total. The fourth-order valence-corrected chi connectivity index (χ4v) is 2.69. The van der Waals surface area contributed by atoms with Gasteiger partial charge >= 0.3 is 0 Å². The summed E-state index contributed by atoms with van der Waals surface area (Å²) in [6.45, 7) is 2.66. The van der Waals surface area contributed by atoms with Crippen LogP contribution in [0, 0.1) is 12.8 Å². The molecular formula is C16H24N2O. The van der Waals surface area contributed by atoms with Gasteiger partial charge in [0.05, 0.1) is 5.92 Å². The van der Waals surface area contributed by atoms with E-state index in [9.17, 15) is 4.79 Å². The van der Waals surface area contributed by atoms with Crippen molar-refractivity contribution in [3.8, 4) is 0 Å². The lowest BCUT2D eigenvalue weighted by Gasteiger charge is -2.20. The van der Waals surface area contributed by atoms with Gasteiger partial charge in [-0.25, -0.2) is 0 Å². The fourth-order valence-electron chi connectivity index (χ4n) is 2.69. The molecule has 3 heteroatoms. The van der Waals surface area contributed by atoms with Crippen molar-refractivity contribution >= 4 is 5.91 Å². The summed E-state index contributed by atoms with van der Waals surface area (Å²) in [7, 11) is 0. The molecule has 2 rings (SSSR count). The normalized spacial score (nSPS) is 23.7. The van der Waals surface area contributed by atoms with E-state index in [1.165, 1.54) is 12.0 Å². The number of aryl methyl sites for hydroxylation is 1. The van der Waals surface area contributed by atoms with Gasteiger partial charge in [-0.15, -0.1) is 0 Å². The maximum Gasteiger partial charge on any atom is 0.224 e. The summed E-state index contributed by atoms with van der Waals surface area (Å²) in [6, 6.07) is 8.28. The van der Waals surface area contributed by atoms with E-state index >= 15 is 0 Å². The zero-order valence-corrected chi connectivity index (χ0v) is 11.7. The van der Waals surface area contributed by atoms with Gasteiger partial charge in [-0.2, -0.15) is 0 Å². The molecule has 2 atom stereocenters. The third kappa shape index (κ3) is 4.06. The highest BCUT2D eigenvalue weighted by Gasteiger charge is 2.26. The van der Waals surface area contributed by atoms with Crippen LogP contribution in [0.5, 0.6) is 0 Å². The van der Waals surface area contributed by atoms with E-state index in [-0.39, 0.29) is 17.9 Å². The summed E-state index contributed by atoms with van der Waals surface area (Å²) in [5.74, 6) is 0.114. The molecule has 19 heavy (non-hydrogen) atoms. The maximum absolute atomic E-state index is 12.2. The molecule has 1 fully saturated rings. The summed E-state index contributed by atoms with van der Waals surface area (Å²) >= 11 is 0. The molecule has 1 aromatic rings. The molecule has 0 radical (unpaired) electrons. The van der Waals surface area contributed by atoms with Crippen molar-refractivity contribution in [1.82, 2.24) is 5.32 Å². The van der Waals surface area contributed by atoms with E-state index in [2.05, 4.69) is 36.5 Å². The topological polar surface area (TPSA) is 55.1 Å². The van der Waals surface area contributed by atoms with Crippen molar-refractivity contribution < 1.29 is 4.79 Å². The first-order valence-electron chi connectivity index (χ1n) is 7.25. The van der Waals surface area contributed by atoms with Gasteiger partial charge in [0.15, 0.2) is 0 Å². The Kier molecular flexibility index (Phi) is 4.97. The molecule has 0 saturated heterocycles. The Morgan fingerprint density at radius 1 is 1.21 bits per heavy atom.